The van der Waals surface area contributed by atoms with Crippen LogP contribution in [0.4, 0.5) is 11.4 Å². The Morgan fingerprint density at radius 3 is 2.04 bits per heavy atom. The normalized spacial score (nSPS) is 12.2. The van der Waals surface area contributed by atoms with Gasteiger partial charge in [0, 0.05) is 31.5 Å². The maximum atomic E-state index is 2.43. The molecule has 0 spiro atoms. The molecule has 0 saturated carbocycles. The molecule has 1 aromatic heterocycles. The Hall–Kier alpha value is -5.96. The molecule has 8 aromatic carbocycles. The van der Waals surface area contributed by atoms with Crippen molar-refractivity contribution in [1.29, 1.82) is 0 Å². The molecule has 0 amide bonds. The standard InChI is InChI=1S/C47H33NS/c1-2-3-18-45(38-24-26-42-37(29-38)23-21-33-12-6-7-16-41(33)42)48(40-25-27-44-43-17-8-9-19-46(43)49-47(44)31-40)39-15-10-14-35(30-39)36-22-20-32-11-4-5-13-34(32)28-36/h2-31H,1H3/b3-2-,45-18+. The van der Waals surface area contributed by atoms with Gasteiger partial charge in [-0.25, -0.2) is 0 Å². The predicted molar refractivity (Wildman–Crippen MR) is 215 cm³/mol. The fourth-order valence-electron chi connectivity index (χ4n) is 7.13. The van der Waals surface area contributed by atoms with Crippen molar-refractivity contribution in [2.45, 2.75) is 6.92 Å². The molecule has 0 fully saturated rings. The first-order chi connectivity index (χ1) is 24.2. The Kier molecular flexibility index (Phi) is 7.30. The summed E-state index contributed by atoms with van der Waals surface area (Å²) in [4.78, 5) is 2.43. The molecule has 0 aliphatic carbocycles. The molecular formula is C47H33NS. The second-order valence-corrected chi connectivity index (χ2v) is 13.6. The van der Waals surface area contributed by atoms with Gasteiger partial charge in [0.1, 0.15) is 0 Å². The zero-order valence-corrected chi connectivity index (χ0v) is 28.0. The van der Waals surface area contributed by atoms with Crippen LogP contribution < -0.4 is 4.90 Å². The van der Waals surface area contributed by atoms with E-state index in [-0.39, 0.29) is 0 Å². The Morgan fingerprint density at radius 1 is 0.469 bits per heavy atom. The van der Waals surface area contributed by atoms with Crippen molar-refractivity contribution < 1.29 is 0 Å². The molecule has 0 N–H and O–H groups in total. The zero-order valence-electron chi connectivity index (χ0n) is 27.2. The van der Waals surface area contributed by atoms with Gasteiger partial charge in [0.15, 0.2) is 0 Å². The topological polar surface area (TPSA) is 3.24 Å². The number of allylic oxidation sites excluding steroid dienone is 3. The van der Waals surface area contributed by atoms with Gasteiger partial charge < -0.3 is 4.90 Å². The van der Waals surface area contributed by atoms with Crippen molar-refractivity contribution in [2.24, 2.45) is 0 Å². The number of hydrogen-bond donors (Lipinski definition) is 0. The molecule has 232 valence electrons. The number of thiophene rings is 1. The van der Waals surface area contributed by atoms with Gasteiger partial charge in [-0.1, -0.05) is 133 Å². The summed E-state index contributed by atoms with van der Waals surface area (Å²) in [5, 5.41) is 10.1. The summed E-state index contributed by atoms with van der Waals surface area (Å²) in [6.45, 7) is 2.08. The minimum absolute atomic E-state index is 1.11. The van der Waals surface area contributed by atoms with Gasteiger partial charge >= 0.3 is 0 Å². The van der Waals surface area contributed by atoms with Gasteiger partial charge in [-0.15, -0.1) is 11.3 Å². The van der Waals surface area contributed by atoms with Crippen molar-refractivity contribution in [1.82, 2.24) is 0 Å². The van der Waals surface area contributed by atoms with Gasteiger partial charge in [-0.3, -0.25) is 0 Å². The van der Waals surface area contributed by atoms with Gasteiger partial charge in [0.25, 0.3) is 0 Å². The van der Waals surface area contributed by atoms with Crippen LogP contribution >= 0.6 is 11.3 Å². The molecule has 1 heterocycles. The fourth-order valence-corrected chi connectivity index (χ4v) is 8.27. The maximum Gasteiger partial charge on any atom is 0.0534 e. The molecule has 0 aliphatic rings. The van der Waals surface area contributed by atoms with Gasteiger partial charge in [0.05, 0.1) is 5.70 Å². The summed E-state index contributed by atoms with van der Waals surface area (Å²) < 4.78 is 2.59. The van der Waals surface area contributed by atoms with Crippen LogP contribution in [0.1, 0.15) is 12.5 Å². The number of benzene rings is 8. The van der Waals surface area contributed by atoms with Gasteiger partial charge in [-0.2, -0.15) is 0 Å². The Labute approximate surface area is 290 Å². The lowest BCUT2D eigenvalue weighted by atomic mass is 9.97. The Bertz CT molecular complexity index is 2740. The van der Waals surface area contributed by atoms with Crippen molar-refractivity contribution in [3.05, 3.63) is 188 Å². The van der Waals surface area contributed by atoms with Crippen LogP contribution in [0.2, 0.25) is 0 Å². The minimum atomic E-state index is 1.11. The van der Waals surface area contributed by atoms with Crippen LogP contribution in [0, 0.1) is 0 Å². The summed E-state index contributed by atoms with van der Waals surface area (Å²) in [5.41, 5.74) is 6.91. The van der Waals surface area contributed by atoms with Crippen molar-refractivity contribution in [2.75, 3.05) is 4.90 Å². The quantitative estimate of drug-likeness (QED) is 0.129. The van der Waals surface area contributed by atoms with E-state index in [4.69, 9.17) is 0 Å². The monoisotopic (exact) mass is 643 g/mol. The van der Waals surface area contributed by atoms with E-state index < -0.39 is 0 Å². The number of nitrogens with zero attached hydrogens (tertiary/aromatic N) is 1. The maximum absolute atomic E-state index is 2.43. The van der Waals surface area contributed by atoms with E-state index in [0.29, 0.717) is 0 Å². The molecular weight excluding hydrogens is 611 g/mol. The highest BCUT2D eigenvalue weighted by Gasteiger charge is 2.19. The van der Waals surface area contributed by atoms with Crippen LogP contribution in [-0.4, -0.2) is 0 Å². The molecule has 49 heavy (non-hydrogen) atoms. The Morgan fingerprint density at radius 2 is 1.14 bits per heavy atom. The largest absolute Gasteiger partial charge is 0.310 e. The van der Waals surface area contributed by atoms with Crippen molar-refractivity contribution in [3.8, 4) is 11.1 Å². The summed E-state index contributed by atoms with van der Waals surface area (Å²) in [6.07, 6.45) is 6.51. The van der Waals surface area contributed by atoms with Crippen LogP contribution in [0.15, 0.2) is 182 Å². The number of fused-ring (bicyclic) bond motifs is 7. The molecule has 0 unspecified atom stereocenters. The Balaban J connectivity index is 1.25. The zero-order chi connectivity index (χ0) is 32.7. The summed E-state index contributed by atoms with van der Waals surface area (Å²) >= 11 is 1.86. The van der Waals surface area contributed by atoms with Gasteiger partial charge in [-0.05, 0) is 104 Å². The number of rotatable bonds is 6. The van der Waals surface area contributed by atoms with E-state index >= 15 is 0 Å². The smallest absolute Gasteiger partial charge is 0.0534 e. The van der Waals surface area contributed by atoms with Crippen LogP contribution in [0.25, 0.3) is 69.3 Å². The lowest BCUT2D eigenvalue weighted by molar-refractivity contribution is 1.30. The highest BCUT2D eigenvalue weighted by atomic mass is 32.1. The third-order valence-corrected chi connectivity index (χ3v) is 10.7. The second kappa shape index (κ2) is 12.2. The molecule has 9 rings (SSSR count). The van der Waals surface area contributed by atoms with E-state index in [1.807, 2.05) is 11.3 Å². The number of anilines is 2. The molecule has 0 atom stereocenters. The summed E-state index contributed by atoms with van der Waals surface area (Å²) in [7, 11) is 0. The first-order valence-electron chi connectivity index (χ1n) is 16.8. The third-order valence-electron chi connectivity index (χ3n) is 9.54. The van der Waals surface area contributed by atoms with E-state index in [0.717, 1.165) is 22.6 Å². The van der Waals surface area contributed by atoms with Gasteiger partial charge in [0.2, 0.25) is 0 Å². The van der Waals surface area contributed by atoms with Crippen molar-refractivity contribution >= 4 is 80.9 Å². The first-order valence-corrected chi connectivity index (χ1v) is 17.6. The summed E-state index contributed by atoms with van der Waals surface area (Å²) in [5.74, 6) is 0. The lowest BCUT2D eigenvalue weighted by Crippen LogP contribution is -2.15. The molecule has 9 aromatic rings. The number of hydrogen-bond acceptors (Lipinski definition) is 2. The lowest BCUT2D eigenvalue weighted by Gasteiger charge is -2.29. The molecule has 0 aliphatic heterocycles. The SMILES string of the molecule is C/C=C\C=C(/c1ccc2c(ccc3ccccc32)c1)N(c1cccc(-c2ccc3ccccc3c2)c1)c1ccc2c(c1)sc1ccccc12. The molecule has 1 nitrogen and oxygen atoms in total. The molecule has 0 saturated heterocycles. The molecule has 2 heteroatoms. The van der Waals surface area contributed by atoms with E-state index in [1.165, 1.54) is 63.6 Å². The van der Waals surface area contributed by atoms with Crippen LogP contribution in [0.3, 0.4) is 0 Å². The first kappa shape index (κ1) is 29.2. The fraction of sp³-hybridized carbons (Fsp3) is 0.0213. The average molecular weight is 644 g/mol. The highest BCUT2D eigenvalue weighted by molar-refractivity contribution is 7.25. The van der Waals surface area contributed by atoms with E-state index in [9.17, 15) is 0 Å². The van der Waals surface area contributed by atoms with Crippen molar-refractivity contribution in [3.63, 3.8) is 0 Å². The molecule has 0 bridgehead atoms. The van der Waals surface area contributed by atoms with Crippen LogP contribution in [-0.2, 0) is 0 Å². The van der Waals surface area contributed by atoms with E-state index in [2.05, 4.69) is 194 Å². The minimum Gasteiger partial charge on any atom is -0.310 e. The summed E-state index contributed by atoms with van der Waals surface area (Å²) in [6, 6.07) is 60.0. The molecule has 0 radical (unpaired) electrons. The van der Waals surface area contributed by atoms with E-state index in [1.54, 1.807) is 0 Å². The predicted octanol–water partition coefficient (Wildman–Crippen LogP) is 13.9. The average Bonchev–Trinajstić information content (AvgIpc) is 3.54. The third kappa shape index (κ3) is 5.27. The highest BCUT2D eigenvalue weighted by Crippen LogP contribution is 2.42. The van der Waals surface area contributed by atoms with Crippen LogP contribution in [0.5, 0.6) is 0 Å². The second-order valence-electron chi connectivity index (χ2n) is 12.5.